The highest BCUT2D eigenvalue weighted by atomic mass is 32.2. The number of H-pyrrole nitrogens is 1. The third kappa shape index (κ3) is 6.69. The van der Waals surface area contributed by atoms with Crippen LogP contribution in [0, 0.1) is 5.92 Å². The summed E-state index contributed by atoms with van der Waals surface area (Å²) in [5.74, 6) is 1.24. The minimum absolute atomic E-state index is 0.0400. The molecule has 0 spiro atoms. The first-order valence-corrected chi connectivity index (χ1v) is 17.0. The van der Waals surface area contributed by atoms with Gasteiger partial charge in [0.25, 0.3) is 0 Å². The summed E-state index contributed by atoms with van der Waals surface area (Å²) < 4.78 is 0. The zero-order valence-corrected chi connectivity index (χ0v) is 27.4. The van der Waals surface area contributed by atoms with Gasteiger partial charge in [0.1, 0.15) is 5.65 Å². The van der Waals surface area contributed by atoms with Crippen molar-refractivity contribution in [3.8, 4) is 22.3 Å². The van der Waals surface area contributed by atoms with Crippen molar-refractivity contribution in [3.63, 3.8) is 0 Å². The quantitative estimate of drug-likeness (QED) is 0.153. The number of rotatable bonds is 10. The van der Waals surface area contributed by atoms with Crippen LogP contribution in [0.4, 0.5) is 5.69 Å². The van der Waals surface area contributed by atoms with E-state index < -0.39 is 0 Å². The van der Waals surface area contributed by atoms with E-state index in [4.69, 9.17) is 4.98 Å². The van der Waals surface area contributed by atoms with E-state index in [9.17, 15) is 4.79 Å². The van der Waals surface area contributed by atoms with Crippen LogP contribution in [0.1, 0.15) is 25.1 Å². The molecule has 0 saturated heterocycles. The van der Waals surface area contributed by atoms with E-state index >= 15 is 0 Å². The fraction of sp³-hybridized carbons (Fsp3) is 0.146. The molecule has 0 aliphatic rings. The molecule has 0 aliphatic heterocycles. The van der Waals surface area contributed by atoms with Gasteiger partial charge in [-0.1, -0.05) is 86.6 Å². The molecule has 1 amide bonds. The van der Waals surface area contributed by atoms with Gasteiger partial charge in [-0.15, -0.1) is 11.8 Å². The molecule has 3 aromatic heterocycles. The van der Waals surface area contributed by atoms with Crippen molar-refractivity contribution in [3.05, 3.63) is 145 Å². The number of carbonyl (C=O) groups is 1. The molecule has 0 saturated carbocycles. The smallest absolute Gasteiger partial charge is 0.233 e. The average Bonchev–Trinajstić information content (AvgIpc) is 3.48. The summed E-state index contributed by atoms with van der Waals surface area (Å²) in [6, 6.07) is 41.8. The number of benzene rings is 4. The maximum atomic E-state index is 13.5. The number of pyridine rings is 2. The van der Waals surface area contributed by atoms with Gasteiger partial charge in [0, 0.05) is 68.4 Å². The molecule has 5 nitrogen and oxygen atoms in total. The van der Waals surface area contributed by atoms with Gasteiger partial charge >= 0.3 is 0 Å². The lowest BCUT2D eigenvalue weighted by molar-refractivity contribution is -0.118. The molecule has 47 heavy (non-hydrogen) atoms. The predicted molar refractivity (Wildman–Crippen MR) is 196 cm³/mol. The zero-order valence-electron chi connectivity index (χ0n) is 26.6. The predicted octanol–water partition coefficient (Wildman–Crippen LogP) is 9.97. The van der Waals surface area contributed by atoms with Gasteiger partial charge in [-0.3, -0.25) is 9.78 Å². The van der Waals surface area contributed by atoms with Crippen LogP contribution in [0.25, 0.3) is 44.2 Å². The first kappa shape index (κ1) is 30.5. The molecule has 0 atom stereocenters. The summed E-state index contributed by atoms with van der Waals surface area (Å²) in [6.07, 6.45) is 3.97. The largest absolute Gasteiger partial charge is 0.339 e. The molecule has 0 bridgehead atoms. The number of aromatic nitrogens is 3. The second-order valence-corrected chi connectivity index (χ2v) is 13.2. The Morgan fingerprint density at radius 3 is 2.28 bits per heavy atom. The van der Waals surface area contributed by atoms with Crippen LogP contribution >= 0.6 is 11.8 Å². The SMILES string of the molecule is CC(C)CN(C(=O)Cc1ccccn1)c1ccc(-c2cnc3[nH]c4ccc(CSc5ccccc5)cc4c3c2-c2ccccc2)cc1. The summed E-state index contributed by atoms with van der Waals surface area (Å²) in [7, 11) is 0. The zero-order chi connectivity index (χ0) is 32.2. The topological polar surface area (TPSA) is 61.9 Å². The van der Waals surface area contributed by atoms with Crippen molar-refractivity contribution in [2.75, 3.05) is 11.4 Å². The maximum Gasteiger partial charge on any atom is 0.233 e. The van der Waals surface area contributed by atoms with E-state index in [0.717, 1.165) is 55.9 Å². The Morgan fingerprint density at radius 2 is 1.55 bits per heavy atom. The lowest BCUT2D eigenvalue weighted by Gasteiger charge is -2.25. The van der Waals surface area contributed by atoms with Crippen molar-refractivity contribution in [1.82, 2.24) is 15.0 Å². The van der Waals surface area contributed by atoms with Crippen LogP contribution in [-0.2, 0) is 17.0 Å². The van der Waals surface area contributed by atoms with E-state index in [0.29, 0.717) is 12.5 Å². The Kier molecular flexibility index (Phi) is 8.85. The number of anilines is 1. The minimum atomic E-state index is 0.0400. The highest BCUT2D eigenvalue weighted by Gasteiger charge is 2.20. The van der Waals surface area contributed by atoms with Gasteiger partial charge in [0.2, 0.25) is 5.91 Å². The number of nitrogens with zero attached hydrogens (tertiary/aromatic N) is 3. The number of thioether (sulfide) groups is 1. The molecule has 3 heterocycles. The van der Waals surface area contributed by atoms with E-state index in [1.165, 1.54) is 15.8 Å². The Balaban J connectivity index is 1.28. The van der Waals surface area contributed by atoms with Crippen molar-refractivity contribution >= 4 is 45.3 Å². The second kappa shape index (κ2) is 13.7. The maximum absolute atomic E-state index is 13.5. The second-order valence-electron chi connectivity index (χ2n) is 12.2. The van der Waals surface area contributed by atoms with E-state index in [1.54, 1.807) is 6.20 Å². The van der Waals surface area contributed by atoms with Gasteiger partial charge in [0.15, 0.2) is 0 Å². The van der Waals surface area contributed by atoms with Crippen LogP contribution in [0.3, 0.4) is 0 Å². The Labute approximate surface area is 279 Å². The van der Waals surface area contributed by atoms with Crippen LogP contribution in [-0.4, -0.2) is 27.4 Å². The van der Waals surface area contributed by atoms with Crippen molar-refractivity contribution in [2.24, 2.45) is 5.92 Å². The number of fused-ring (bicyclic) bond motifs is 3. The fourth-order valence-electron chi connectivity index (χ4n) is 6.09. The van der Waals surface area contributed by atoms with Gasteiger partial charge < -0.3 is 9.88 Å². The molecular formula is C41H36N4OS. The number of carbonyl (C=O) groups excluding carboxylic acids is 1. The third-order valence-corrected chi connectivity index (χ3v) is 9.38. The van der Waals surface area contributed by atoms with Crippen LogP contribution in [0.5, 0.6) is 0 Å². The molecular weight excluding hydrogens is 597 g/mol. The molecule has 232 valence electrons. The molecule has 4 aromatic carbocycles. The Morgan fingerprint density at radius 1 is 0.809 bits per heavy atom. The molecule has 0 unspecified atom stereocenters. The average molecular weight is 633 g/mol. The summed E-state index contributed by atoms with van der Waals surface area (Å²) >= 11 is 1.84. The highest BCUT2D eigenvalue weighted by molar-refractivity contribution is 7.98. The number of nitrogens with one attached hydrogen (secondary N) is 1. The van der Waals surface area contributed by atoms with Crippen molar-refractivity contribution < 1.29 is 4.79 Å². The number of aromatic amines is 1. The molecule has 6 heteroatoms. The fourth-order valence-corrected chi connectivity index (χ4v) is 6.95. The third-order valence-electron chi connectivity index (χ3n) is 8.29. The van der Waals surface area contributed by atoms with Gasteiger partial charge in [0.05, 0.1) is 6.42 Å². The molecule has 7 rings (SSSR count). The van der Waals surface area contributed by atoms with Crippen molar-refractivity contribution in [2.45, 2.75) is 30.9 Å². The van der Waals surface area contributed by atoms with Gasteiger partial charge in [-0.25, -0.2) is 4.98 Å². The lowest BCUT2D eigenvalue weighted by Crippen LogP contribution is -2.35. The monoisotopic (exact) mass is 632 g/mol. The lowest BCUT2D eigenvalue weighted by atomic mass is 9.92. The molecule has 0 fully saturated rings. The molecule has 0 radical (unpaired) electrons. The molecule has 7 aromatic rings. The first-order valence-electron chi connectivity index (χ1n) is 16.0. The number of hydrogen-bond donors (Lipinski definition) is 1. The van der Waals surface area contributed by atoms with Gasteiger partial charge in [-0.2, -0.15) is 0 Å². The Bertz CT molecular complexity index is 2130. The minimum Gasteiger partial charge on any atom is -0.339 e. The van der Waals surface area contributed by atoms with Crippen LogP contribution < -0.4 is 4.90 Å². The number of amides is 1. The molecule has 0 aliphatic carbocycles. The number of hydrogen-bond acceptors (Lipinski definition) is 4. The molecule has 1 N–H and O–H groups in total. The standard InChI is InChI=1S/C41H36N4OS/c1-28(2)26-45(38(46)24-32-13-9-10-22-42-32)33-19-17-30(18-20-33)36-25-43-41-40(39(36)31-11-5-3-6-12-31)35-23-29(16-21-37(35)44-41)27-47-34-14-7-4-8-15-34/h3-23,25,28H,24,26-27H2,1-2H3,(H,43,44). The van der Waals surface area contributed by atoms with Crippen LogP contribution in [0.15, 0.2) is 139 Å². The van der Waals surface area contributed by atoms with Crippen LogP contribution in [0.2, 0.25) is 0 Å². The summed E-state index contributed by atoms with van der Waals surface area (Å²) in [5, 5.41) is 2.28. The van der Waals surface area contributed by atoms with Crippen molar-refractivity contribution in [1.29, 1.82) is 0 Å². The normalized spacial score (nSPS) is 11.4. The van der Waals surface area contributed by atoms with E-state index in [2.05, 4.69) is 127 Å². The summed E-state index contributed by atoms with van der Waals surface area (Å²) in [5.41, 5.74) is 9.24. The van der Waals surface area contributed by atoms with E-state index in [1.807, 2.05) is 41.1 Å². The Hall–Kier alpha value is -5.20. The highest BCUT2D eigenvalue weighted by Crippen LogP contribution is 2.41. The van der Waals surface area contributed by atoms with E-state index in [-0.39, 0.29) is 12.3 Å². The van der Waals surface area contributed by atoms with Gasteiger partial charge in [-0.05, 0) is 71.1 Å². The first-order chi connectivity index (χ1) is 23.0. The summed E-state index contributed by atoms with van der Waals surface area (Å²) in [6.45, 7) is 4.90. The summed E-state index contributed by atoms with van der Waals surface area (Å²) in [4.78, 5) is 29.6.